The summed E-state index contributed by atoms with van der Waals surface area (Å²) in [6.45, 7) is -0.0309. The second-order valence-corrected chi connectivity index (χ2v) is 16.0. The largest absolute Gasteiger partial charge is 0.465 e. The number of rotatable bonds is 10. The van der Waals surface area contributed by atoms with E-state index in [1.807, 2.05) is 42.5 Å². The Labute approximate surface area is 390 Å². The molecule has 0 aromatic heterocycles. The van der Waals surface area contributed by atoms with Gasteiger partial charge < -0.3 is 15.6 Å². The van der Waals surface area contributed by atoms with E-state index < -0.39 is 6.61 Å². The standard InChI is InChI=1S/2C16H14Cl2O2.C7H7Cl2N.C7H3Cl2N/c1-20-16(19)12-5-2-11(3-6-12)4-7-13-10-14(17)8-9-15(13)18;17-14-7-8-15(18)13(9-14)6-3-11-1-4-12(5-2-11)16(20)10-19;2*8-6-1-2-7(9)5(3-6)4-10/h2-3,5-6,8-10H,4,7H2,1H3;1-2,4-5,7-9,19H,3,6,10H2;1-3H,4,10H2;1-3H. The van der Waals surface area contributed by atoms with Crippen LogP contribution in [0.1, 0.15) is 54.1 Å². The average Bonchev–Trinajstić information content (AvgIpc) is 3.26. The van der Waals surface area contributed by atoms with Crippen LogP contribution >= 0.6 is 92.8 Å². The zero-order valence-corrected chi connectivity index (χ0v) is 38.1. The van der Waals surface area contributed by atoms with Crippen LogP contribution in [0.4, 0.5) is 0 Å². The van der Waals surface area contributed by atoms with E-state index in [2.05, 4.69) is 4.74 Å². The van der Waals surface area contributed by atoms with Gasteiger partial charge in [-0.1, -0.05) is 129 Å². The van der Waals surface area contributed by atoms with Gasteiger partial charge in [0.1, 0.15) is 12.7 Å². The molecule has 14 heteroatoms. The van der Waals surface area contributed by atoms with Gasteiger partial charge in [0.15, 0.2) is 5.78 Å². The number of nitriles is 1. The van der Waals surface area contributed by atoms with Crippen molar-refractivity contribution in [3.8, 4) is 6.07 Å². The van der Waals surface area contributed by atoms with Crippen LogP contribution in [0, 0.1) is 11.3 Å². The molecule has 0 spiro atoms. The lowest BCUT2D eigenvalue weighted by molar-refractivity contribution is 0.0600. The third kappa shape index (κ3) is 17.3. The van der Waals surface area contributed by atoms with Crippen LogP contribution in [-0.2, 0) is 37.0 Å². The summed E-state index contributed by atoms with van der Waals surface area (Å²) in [6.07, 6.45) is 3.23. The van der Waals surface area contributed by atoms with Crippen LogP contribution in [0.5, 0.6) is 0 Å². The molecule has 3 N–H and O–H groups in total. The Hall–Kier alpha value is -3.81. The predicted molar refractivity (Wildman–Crippen MR) is 249 cm³/mol. The van der Waals surface area contributed by atoms with Gasteiger partial charge in [0, 0.05) is 47.3 Å². The average molecular weight is 966 g/mol. The van der Waals surface area contributed by atoms with E-state index in [-0.39, 0.29) is 11.8 Å². The van der Waals surface area contributed by atoms with Crippen molar-refractivity contribution in [3.63, 3.8) is 0 Å². The molecule has 0 aliphatic heterocycles. The van der Waals surface area contributed by atoms with Gasteiger partial charge >= 0.3 is 5.97 Å². The number of Topliss-reactive ketones (excluding diaryl/α,β-unsaturated/α-hetero) is 1. The normalized spacial score (nSPS) is 10.1. The first-order chi connectivity index (χ1) is 28.7. The quantitative estimate of drug-likeness (QED) is 0.104. The van der Waals surface area contributed by atoms with Gasteiger partial charge in [0.05, 0.1) is 23.3 Å². The summed E-state index contributed by atoms with van der Waals surface area (Å²) in [7, 11) is 1.37. The summed E-state index contributed by atoms with van der Waals surface area (Å²) in [5.74, 6) is -0.594. The molecule has 0 radical (unpaired) electrons. The molecule has 0 unspecified atom stereocenters. The number of halogens is 8. The number of carbonyl (C=O) groups is 2. The minimum atomic E-state index is -0.461. The fourth-order valence-corrected chi connectivity index (χ4v) is 6.72. The van der Waals surface area contributed by atoms with Crippen molar-refractivity contribution in [2.75, 3.05) is 13.7 Å². The van der Waals surface area contributed by atoms with Crippen LogP contribution in [0.15, 0.2) is 121 Å². The summed E-state index contributed by atoms with van der Waals surface area (Å²) in [5.41, 5.74) is 12.0. The van der Waals surface area contributed by atoms with Gasteiger partial charge in [-0.2, -0.15) is 5.26 Å². The first-order valence-electron chi connectivity index (χ1n) is 17.9. The fourth-order valence-electron chi connectivity index (χ4n) is 5.18. The van der Waals surface area contributed by atoms with E-state index in [1.165, 1.54) is 13.2 Å². The maximum Gasteiger partial charge on any atom is 0.337 e. The molecule has 6 aromatic carbocycles. The number of ketones is 1. The van der Waals surface area contributed by atoms with Gasteiger partial charge in [0.25, 0.3) is 0 Å². The summed E-state index contributed by atoms with van der Waals surface area (Å²) in [4.78, 5) is 22.6. The van der Waals surface area contributed by atoms with E-state index in [9.17, 15) is 9.59 Å². The third-order valence-corrected chi connectivity index (χ3v) is 10.8. The number of ether oxygens (including phenoxy) is 1. The van der Waals surface area contributed by atoms with E-state index in [0.29, 0.717) is 58.4 Å². The maximum atomic E-state index is 11.3. The topological polar surface area (TPSA) is 113 Å². The van der Waals surface area contributed by atoms with Crippen LogP contribution in [0.2, 0.25) is 40.2 Å². The molecule has 0 atom stereocenters. The van der Waals surface area contributed by atoms with Crippen LogP contribution in [-0.4, -0.2) is 30.6 Å². The van der Waals surface area contributed by atoms with E-state index in [1.54, 1.807) is 78.9 Å². The molecule has 6 aromatic rings. The molecule has 0 heterocycles. The van der Waals surface area contributed by atoms with Crippen molar-refractivity contribution >= 4 is 105 Å². The third-order valence-electron chi connectivity index (χ3n) is 8.45. The number of aliphatic hydroxyl groups excluding tert-OH is 1. The Bertz CT molecular complexity index is 2270. The minimum Gasteiger partial charge on any atom is -0.465 e. The van der Waals surface area contributed by atoms with E-state index in [4.69, 9.17) is 109 Å². The number of aryl methyl sites for hydroxylation is 4. The number of benzene rings is 6. The van der Waals surface area contributed by atoms with Crippen LogP contribution < -0.4 is 5.73 Å². The fraction of sp³-hybridized carbons (Fsp3) is 0.152. The monoisotopic (exact) mass is 962 g/mol. The van der Waals surface area contributed by atoms with Crippen LogP contribution in [0.3, 0.4) is 0 Å². The van der Waals surface area contributed by atoms with Crippen molar-refractivity contribution < 1.29 is 19.4 Å². The molecule has 0 amide bonds. The van der Waals surface area contributed by atoms with Gasteiger partial charge in [-0.15, -0.1) is 0 Å². The second kappa shape index (κ2) is 26.5. The van der Waals surface area contributed by atoms with E-state index >= 15 is 0 Å². The Morgan fingerprint density at radius 1 is 0.550 bits per heavy atom. The van der Waals surface area contributed by atoms with Crippen molar-refractivity contribution in [2.24, 2.45) is 5.73 Å². The molecular formula is C46H38Cl8N2O4. The van der Waals surface area contributed by atoms with Gasteiger partial charge in [-0.05, 0) is 138 Å². The summed E-state index contributed by atoms with van der Waals surface area (Å²) in [6, 6.07) is 37.4. The van der Waals surface area contributed by atoms with Gasteiger partial charge in [-0.3, -0.25) is 4.79 Å². The molecule has 0 saturated carbocycles. The molecular weight excluding hydrogens is 928 g/mol. The number of carbonyl (C=O) groups excluding carboxylic acids is 2. The second-order valence-electron chi connectivity index (χ2n) is 12.6. The zero-order chi connectivity index (χ0) is 44.2. The molecule has 6 rings (SSSR count). The molecule has 0 saturated heterocycles. The number of aliphatic hydroxyl groups is 1. The van der Waals surface area contributed by atoms with Crippen molar-refractivity contribution in [1.82, 2.24) is 0 Å². The number of nitrogens with zero attached hydrogens (tertiary/aromatic N) is 1. The van der Waals surface area contributed by atoms with Gasteiger partial charge in [-0.25, -0.2) is 4.79 Å². The van der Waals surface area contributed by atoms with Crippen LogP contribution in [0.25, 0.3) is 0 Å². The zero-order valence-electron chi connectivity index (χ0n) is 32.0. The van der Waals surface area contributed by atoms with E-state index in [0.717, 1.165) is 58.5 Å². The number of nitrogens with two attached hydrogens (primary N) is 1. The number of hydrogen-bond acceptors (Lipinski definition) is 6. The molecule has 0 bridgehead atoms. The lowest BCUT2D eigenvalue weighted by atomic mass is 10.0. The molecule has 60 heavy (non-hydrogen) atoms. The summed E-state index contributed by atoms with van der Waals surface area (Å²) in [5, 5.41) is 22.3. The highest BCUT2D eigenvalue weighted by atomic mass is 35.5. The van der Waals surface area contributed by atoms with Crippen molar-refractivity contribution in [2.45, 2.75) is 32.2 Å². The highest BCUT2D eigenvalue weighted by molar-refractivity contribution is 6.35. The minimum absolute atomic E-state index is 0.269. The first-order valence-corrected chi connectivity index (χ1v) is 21.0. The smallest absolute Gasteiger partial charge is 0.337 e. The molecule has 6 nitrogen and oxygen atoms in total. The van der Waals surface area contributed by atoms with Gasteiger partial charge in [0.2, 0.25) is 0 Å². The molecule has 0 aliphatic carbocycles. The molecule has 0 fully saturated rings. The Balaban J connectivity index is 0.000000225. The van der Waals surface area contributed by atoms with Crippen molar-refractivity contribution in [3.05, 3.63) is 206 Å². The van der Waals surface area contributed by atoms with Crippen molar-refractivity contribution in [1.29, 1.82) is 5.26 Å². The Morgan fingerprint density at radius 2 is 0.933 bits per heavy atom. The highest BCUT2D eigenvalue weighted by Crippen LogP contribution is 2.24. The number of hydrogen-bond donors (Lipinski definition) is 2. The SMILES string of the molecule is COC(=O)c1ccc(CCc2cc(Cl)ccc2Cl)cc1.N#Cc1cc(Cl)ccc1Cl.NCc1cc(Cl)ccc1Cl.O=C(CO)c1ccc(CCc2cc(Cl)ccc2Cl)cc1. The predicted octanol–water partition coefficient (Wildman–Crippen LogP) is 13.8. The maximum absolute atomic E-state index is 11.3. The lowest BCUT2D eigenvalue weighted by Crippen LogP contribution is -2.04. The first kappa shape index (κ1) is 50.5. The highest BCUT2D eigenvalue weighted by Gasteiger charge is 2.08. The molecule has 0 aliphatic rings. The Morgan fingerprint density at radius 3 is 1.30 bits per heavy atom. The lowest BCUT2D eigenvalue weighted by Gasteiger charge is -2.06. The summed E-state index contributed by atoms with van der Waals surface area (Å²) >= 11 is 46.8. The number of methoxy groups -OCH3 is 1. The summed E-state index contributed by atoms with van der Waals surface area (Å²) < 4.78 is 4.66. The molecule has 312 valence electrons. The number of esters is 1. The Kier molecular flexibility index (Phi) is 22.3.